The Morgan fingerprint density at radius 1 is 1.03 bits per heavy atom. The van der Waals surface area contributed by atoms with Crippen molar-refractivity contribution in [2.45, 2.75) is 32.9 Å². The SMILES string of the molecule is CCCCn1c(=O)[nH]c(=O)c2c1nc(CN(C)c1ccc(Oc3ccccc3)cc1)n2C. The molecule has 0 saturated carbocycles. The predicted molar refractivity (Wildman–Crippen MR) is 126 cm³/mol. The molecule has 2 aromatic carbocycles. The van der Waals surface area contributed by atoms with Crippen LogP contribution in [0.3, 0.4) is 0 Å². The molecule has 166 valence electrons. The number of hydrogen-bond donors (Lipinski definition) is 1. The minimum atomic E-state index is -0.414. The van der Waals surface area contributed by atoms with Crippen molar-refractivity contribution < 1.29 is 4.74 Å². The molecule has 0 amide bonds. The quantitative estimate of drug-likeness (QED) is 0.458. The van der Waals surface area contributed by atoms with Gasteiger partial charge in [0.05, 0.1) is 6.54 Å². The zero-order valence-corrected chi connectivity index (χ0v) is 18.5. The summed E-state index contributed by atoms with van der Waals surface area (Å²) in [5.74, 6) is 2.24. The van der Waals surface area contributed by atoms with Crippen LogP contribution < -0.4 is 20.9 Å². The van der Waals surface area contributed by atoms with Crippen molar-refractivity contribution in [3.8, 4) is 11.5 Å². The normalized spacial score (nSPS) is 11.1. The Labute approximate surface area is 185 Å². The van der Waals surface area contributed by atoms with Crippen LogP contribution in [0.15, 0.2) is 64.2 Å². The van der Waals surface area contributed by atoms with Crippen molar-refractivity contribution in [3.63, 3.8) is 0 Å². The molecule has 0 saturated heterocycles. The van der Waals surface area contributed by atoms with E-state index in [9.17, 15) is 9.59 Å². The first-order valence-corrected chi connectivity index (χ1v) is 10.7. The number of aryl methyl sites for hydroxylation is 2. The first-order chi connectivity index (χ1) is 15.5. The largest absolute Gasteiger partial charge is 0.457 e. The average molecular weight is 434 g/mol. The van der Waals surface area contributed by atoms with E-state index in [2.05, 4.69) is 16.9 Å². The topological polar surface area (TPSA) is 85.2 Å². The molecule has 4 rings (SSSR count). The number of nitrogens with one attached hydrogen (secondary N) is 1. The van der Waals surface area contributed by atoms with Gasteiger partial charge >= 0.3 is 5.69 Å². The third-order valence-electron chi connectivity index (χ3n) is 5.48. The molecule has 0 aliphatic heterocycles. The van der Waals surface area contributed by atoms with E-state index in [1.807, 2.05) is 66.5 Å². The third kappa shape index (κ3) is 4.30. The molecule has 0 aliphatic rings. The number of anilines is 1. The van der Waals surface area contributed by atoms with Gasteiger partial charge in [0.25, 0.3) is 5.56 Å². The first kappa shape index (κ1) is 21.4. The minimum Gasteiger partial charge on any atom is -0.457 e. The second-order valence-corrected chi connectivity index (χ2v) is 7.79. The second kappa shape index (κ2) is 9.13. The monoisotopic (exact) mass is 433 g/mol. The molecule has 32 heavy (non-hydrogen) atoms. The van der Waals surface area contributed by atoms with E-state index in [1.54, 1.807) is 16.2 Å². The minimum absolute atomic E-state index is 0.413. The molecule has 0 spiro atoms. The van der Waals surface area contributed by atoms with Gasteiger partial charge in [-0.2, -0.15) is 0 Å². The number of benzene rings is 2. The molecule has 4 aromatic rings. The average Bonchev–Trinajstić information content (AvgIpc) is 3.11. The maximum absolute atomic E-state index is 12.4. The van der Waals surface area contributed by atoms with Gasteiger partial charge in [-0.25, -0.2) is 9.78 Å². The highest BCUT2D eigenvalue weighted by Crippen LogP contribution is 2.24. The number of nitrogens with zero attached hydrogens (tertiary/aromatic N) is 4. The lowest BCUT2D eigenvalue weighted by Gasteiger charge is -2.19. The van der Waals surface area contributed by atoms with Gasteiger partial charge < -0.3 is 14.2 Å². The molecule has 0 radical (unpaired) electrons. The van der Waals surface area contributed by atoms with Crippen LogP contribution in [0.25, 0.3) is 11.2 Å². The zero-order chi connectivity index (χ0) is 22.7. The summed E-state index contributed by atoms with van der Waals surface area (Å²) in [6, 6.07) is 17.4. The fourth-order valence-electron chi connectivity index (χ4n) is 3.65. The lowest BCUT2D eigenvalue weighted by atomic mass is 10.2. The highest BCUT2D eigenvalue weighted by molar-refractivity contribution is 5.71. The van der Waals surface area contributed by atoms with E-state index >= 15 is 0 Å². The lowest BCUT2D eigenvalue weighted by Crippen LogP contribution is -2.31. The van der Waals surface area contributed by atoms with Gasteiger partial charge in [-0.05, 0) is 42.8 Å². The molecule has 2 heterocycles. The number of aromatic amines is 1. The van der Waals surface area contributed by atoms with Crippen molar-refractivity contribution in [3.05, 3.63) is 81.3 Å². The van der Waals surface area contributed by atoms with Crippen molar-refractivity contribution in [1.82, 2.24) is 19.1 Å². The summed E-state index contributed by atoms with van der Waals surface area (Å²) in [6.07, 6.45) is 1.78. The van der Waals surface area contributed by atoms with Crippen LogP contribution in [0, 0.1) is 0 Å². The van der Waals surface area contributed by atoms with Gasteiger partial charge in [0.15, 0.2) is 11.2 Å². The van der Waals surface area contributed by atoms with Gasteiger partial charge in [0.1, 0.15) is 17.3 Å². The van der Waals surface area contributed by atoms with Crippen molar-refractivity contribution >= 4 is 16.9 Å². The van der Waals surface area contributed by atoms with Crippen LogP contribution >= 0.6 is 0 Å². The number of H-pyrrole nitrogens is 1. The van der Waals surface area contributed by atoms with Crippen molar-refractivity contribution in [1.29, 1.82) is 0 Å². The van der Waals surface area contributed by atoms with Gasteiger partial charge in [0, 0.05) is 26.3 Å². The molecule has 8 heteroatoms. The highest BCUT2D eigenvalue weighted by Gasteiger charge is 2.17. The van der Waals surface area contributed by atoms with Gasteiger partial charge in [-0.15, -0.1) is 0 Å². The van der Waals surface area contributed by atoms with E-state index in [-0.39, 0.29) is 0 Å². The number of hydrogen-bond acceptors (Lipinski definition) is 5. The predicted octanol–water partition coefficient (Wildman–Crippen LogP) is 3.65. The fourth-order valence-corrected chi connectivity index (χ4v) is 3.65. The van der Waals surface area contributed by atoms with Crippen LogP contribution in [0.2, 0.25) is 0 Å². The van der Waals surface area contributed by atoms with Gasteiger partial charge in [-0.3, -0.25) is 14.3 Å². The maximum atomic E-state index is 12.4. The van der Waals surface area contributed by atoms with Crippen LogP contribution in [0.5, 0.6) is 11.5 Å². The molecule has 0 bridgehead atoms. The van der Waals surface area contributed by atoms with Crippen LogP contribution in [-0.4, -0.2) is 26.1 Å². The van der Waals surface area contributed by atoms with Crippen LogP contribution in [0.4, 0.5) is 5.69 Å². The standard InChI is InChI=1S/C24H27N5O3/c1-4-5-15-29-22-21(23(30)26-24(29)31)28(3)20(25-22)16-27(2)17-11-13-19(14-12-17)32-18-9-7-6-8-10-18/h6-14H,4-5,15-16H2,1-3H3,(H,26,30,31). The fraction of sp³-hybridized carbons (Fsp3) is 0.292. The van der Waals surface area contributed by atoms with Crippen molar-refractivity contribution in [2.24, 2.45) is 7.05 Å². The van der Waals surface area contributed by atoms with E-state index < -0.39 is 11.2 Å². The Morgan fingerprint density at radius 2 is 1.72 bits per heavy atom. The van der Waals surface area contributed by atoms with E-state index in [0.29, 0.717) is 30.1 Å². The first-order valence-electron chi connectivity index (χ1n) is 10.7. The number of imidazole rings is 1. The van der Waals surface area contributed by atoms with Crippen molar-refractivity contribution in [2.75, 3.05) is 11.9 Å². The summed E-state index contributed by atoms with van der Waals surface area (Å²) in [4.78, 5) is 33.9. The summed E-state index contributed by atoms with van der Waals surface area (Å²) < 4.78 is 9.17. The Balaban J connectivity index is 1.57. The molecule has 0 unspecified atom stereocenters. The smallest absolute Gasteiger partial charge is 0.330 e. The number of ether oxygens (including phenoxy) is 1. The van der Waals surface area contributed by atoms with Crippen LogP contribution in [-0.2, 0) is 20.1 Å². The Hall–Kier alpha value is -3.81. The Morgan fingerprint density at radius 3 is 2.41 bits per heavy atom. The lowest BCUT2D eigenvalue weighted by molar-refractivity contribution is 0.482. The highest BCUT2D eigenvalue weighted by atomic mass is 16.5. The second-order valence-electron chi connectivity index (χ2n) is 7.79. The number of aromatic nitrogens is 4. The van der Waals surface area contributed by atoms with E-state index in [1.165, 1.54) is 0 Å². The van der Waals surface area contributed by atoms with Crippen LogP contribution in [0.1, 0.15) is 25.6 Å². The number of fused-ring (bicyclic) bond motifs is 1. The summed E-state index contributed by atoms with van der Waals surface area (Å²) in [5.41, 5.74) is 1.00. The molecule has 1 N–H and O–H groups in total. The molecule has 2 aromatic heterocycles. The van der Waals surface area contributed by atoms with Gasteiger partial charge in [-0.1, -0.05) is 31.5 Å². The number of para-hydroxylation sites is 1. The molecule has 8 nitrogen and oxygen atoms in total. The third-order valence-corrected chi connectivity index (χ3v) is 5.48. The van der Waals surface area contributed by atoms with E-state index in [0.717, 1.165) is 30.0 Å². The number of unbranched alkanes of at least 4 members (excludes halogenated alkanes) is 1. The molecule has 0 atom stereocenters. The molecule has 0 fully saturated rings. The maximum Gasteiger partial charge on any atom is 0.330 e. The summed E-state index contributed by atoms with van der Waals surface area (Å²) in [5, 5.41) is 0. The summed E-state index contributed by atoms with van der Waals surface area (Å²) >= 11 is 0. The molecule has 0 aliphatic carbocycles. The molecular weight excluding hydrogens is 406 g/mol. The molecular formula is C24H27N5O3. The number of rotatable bonds is 8. The summed E-state index contributed by atoms with van der Waals surface area (Å²) in [6.45, 7) is 3.06. The Kier molecular flexibility index (Phi) is 6.11. The zero-order valence-electron chi connectivity index (χ0n) is 18.5. The van der Waals surface area contributed by atoms with Gasteiger partial charge in [0.2, 0.25) is 0 Å². The Bertz CT molecular complexity index is 1320. The van der Waals surface area contributed by atoms with E-state index in [4.69, 9.17) is 4.74 Å². The summed E-state index contributed by atoms with van der Waals surface area (Å²) in [7, 11) is 3.76.